The molecule has 1 aromatic rings. The minimum Gasteiger partial charge on any atom is -0.329 e. The molecule has 0 aliphatic carbocycles. The van der Waals surface area contributed by atoms with E-state index < -0.39 is 32.2 Å². The summed E-state index contributed by atoms with van der Waals surface area (Å²) in [7, 11) is -2.72. The largest absolute Gasteiger partial charge is 0.416 e. The van der Waals surface area contributed by atoms with Crippen LogP contribution in [0.25, 0.3) is 0 Å². The van der Waals surface area contributed by atoms with Crippen LogP contribution in [-0.4, -0.2) is 31.9 Å². The van der Waals surface area contributed by atoms with Crippen molar-refractivity contribution in [1.29, 1.82) is 0 Å². The average molecular weight is 324 g/mol. The molecule has 0 heterocycles. The van der Waals surface area contributed by atoms with Crippen LogP contribution in [-0.2, 0) is 16.2 Å². The number of nitrogens with two attached hydrogens (primary N) is 1. The molecule has 0 aliphatic rings. The van der Waals surface area contributed by atoms with Gasteiger partial charge in [0, 0.05) is 19.1 Å². The Hall–Kier alpha value is -1.12. The van der Waals surface area contributed by atoms with E-state index in [4.69, 9.17) is 5.73 Å². The Bertz CT molecular complexity index is 596. The Morgan fingerprint density at radius 1 is 1.29 bits per heavy atom. The Kier molecular flexibility index (Phi) is 5.07. The second kappa shape index (κ2) is 5.94. The number of benzene rings is 1. The standard InChI is InChI=1S/C13H19F3N2O2S/c1-4-12(2,9-17)18(3)21(19,20)11-7-5-6-10(8-11)13(14,15)16/h5-8H,4,9,17H2,1-3H3. The quantitative estimate of drug-likeness (QED) is 0.905. The fraction of sp³-hybridized carbons (Fsp3) is 0.538. The zero-order chi connectivity index (χ0) is 16.5. The van der Waals surface area contributed by atoms with Crippen molar-refractivity contribution >= 4 is 10.0 Å². The minimum atomic E-state index is -4.59. The van der Waals surface area contributed by atoms with Crippen molar-refractivity contribution in [3.63, 3.8) is 0 Å². The van der Waals surface area contributed by atoms with Crippen molar-refractivity contribution in [3.8, 4) is 0 Å². The fourth-order valence-electron chi connectivity index (χ4n) is 1.78. The second-order valence-electron chi connectivity index (χ2n) is 5.05. The van der Waals surface area contributed by atoms with Gasteiger partial charge in [-0.1, -0.05) is 13.0 Å². The van der Waals surface area contributed by atoms with Gasteiger partial charge >= 0.3 is 6.18 Å². The minimum absolute atomic E-state index is 0.0677. The van der Waals surface area contributed by atoms with Crippen LogP contribution in [0.3, 0.4) is 0 Å². The molecule has 0 bridgehead atoms. The van der Waals surface area contributed by atoms with Crippen LogP contribution < -0.4 is 5.73 Å². The molecule has 4 nitrogen and oxygen atoms in total. The van der Waals surface area contributed by atoms with Crippen molar-refractivity contribution in [3.05, 3.63) is 29.8 Å². The lowest BCUT2D eigenvalue weighted by Crippen LogP contribution is -2.51. The van der Waals surface area contributed by atoms with Crippen molar-refractivity contribution in [1.82, 2.24) is 4.31 Å². The molecule has 0 fully saturated rings. The molecule has 0 aromatic heterocycles. The third-order valence-electron chi connectivity index (χ3n) is 3.78. The van der Waals surface area contributed by atoms with Gasteiger partial charge in [-0.25, -0.2) is 8.42 Å². The fourth-order valence-corrected chi connectivity index (χ4v) is 3.40. The van der Waals surface area contributed by atoms with Crippen LogP contribution in [0.4, 0.5) is 13.2 Å². The Morgan fingerprint density at radius 2 is 1.86 bits per heavy atom. The summed E-state index contributed by atoms with van der Waals surface area (Å²) in [6.07, 6.45) is -4.15. The van der Waals surface area contributed by atoms with Gasteiger partial charge in [0.05, 0.1) is 10.5 Å². The molecule has 21 heavy (non-hydrogen) atoms. The van der Waals surface area contributed by atoms with Gasteiger partial charge in [0.25, 0.3) is 0 Å². The van der Waals surface area contributed by atoms with Gasteiger partial charge < -0.3 is 5.73 Å². The molecular weight excluding hydrogens is 305 g/mol. The van der Waals surface area contributed by atoms with Crippen molar-refractivity contribution in [2.75, 3.05) is 13.6 Å². The SMILES string of the molecule is CCC(C)(CN)N(C)S(=O)(=O)c1cccc(C(F)(F)F)c1. The molecule has 1 unspecified atom stereocenters. The highest BCUT2D eigenvalue weighted by Crippen LogP contribution is 2.32. The predicted molar refractivity (Wildman–Crippen MR) is 74.1 cm³/mol. The molecule has 0 amide bonds. The maximum atomic E-state index is 12.7. The van der Waals surface area contributed by atoms with Gasteiger partial charge in [-0.15, -0.1) is 0 Å². The zero-order valence-electron chi connectivity index (χ0n) is 12.1. The van der Waals surface area contributed by atoms with E-state index in [0.717, 1.165) is 22.5 Å². The number of halogens is 3. The topological polar surface area (TPSA) is 63.4 Å². The maximum absolute atomic E-state index is 12.7. The number of sulfonamides is 1. The summed E-state index contributed by atoms with van der Waals surface area (Å²) in [5.41, 5.74) is 3.75. The summed E-state index contributed by atoms with van der Waals surface area (Å²) in [5, 5.41) is 0. The molecule has 2 N–H and O–H groups in total. The third kappa shape index (κ3) is 3.56. The van der Waals surface area contributed by atoms with Gasteiger partial charge in [-0.2, -0.15) is 17.5 Å². The van der Waals surface area contributed by atoms with E-state index in [0.29, 0.717) is 12.5 Å². The molecule has 120 valence electrons. The van der Waals surface area contributed by atoms with Crippen LogP contribution in [0.1, 0.15) is 25.8 Å². The normalized spacial score (nSPS) is 16.0. The number of alkyl halides is 3. The maximum Gasteiger partial charge on any atom is 0.416 e. The van der Waals surface area contributed by atoms with E-state index in [2.05, 4.69) is 0 Å². The van der Waals surface area contributed by atoms with Crippen molar-refractivity contribution in [2.24, 2.45) is 5.73 Å². The van der Waals surface area contributed by atoms with Crippen molar-refractivity contribution < 1.29 is 21.6 Å². The molecule has 0 radical (unpaired) electrons. The first-order valence-corrected chi connectivity index (χ1v) is 7.79. The Balaban J connectivity index is 3.32. The number of hydrogen-bond acceptors (Lipinski definition) is 3. The van der Waals surface area contributed by atoms with Gasteiger partial charge in [-0.3, -0.25) is 0 Å². The molecule has 0 spiro atoms. The number of likely N-dealkylation sites (N-methyl/N-ethyl adjacent to an activating group) is 1. The summed E-state index contributed by atoms with van der Waals surface area (Å²) < 4.78 is 64.1. The van der Waals surface area contributed by atoms with E-state index in [1.165, 1.54) is 7.05 Å². The van der Waals surface area contributed by atoms with E-state index >= 15 is 0 Å². The number of hydrogen-bond donors (Lipinski definition) is 1. The molecule has 0 saturated heterocycles. The first kappa shape index (κ1) is 17.9. The molecule has 0 aliphatic heterocycles. The number of nitrogens with zero attached hydrogens (tertiary/aromatic N) is 1. The van der Waals surface area contributed by atoms with Crippen molar-refractivity contribution in [2.45, 2.75) is 36.9 Å². The Labute approximate surface area is 122 Å². The number of rotatable bonds is 5. The van der Waals surface area contributed by atoms with E-state index in [1.54, 1.807) is 13.8 Å². The highest BCUT2D eigenvalue weighted by molar-refractivity contribution is 7.89. The third-order valence-corrected chi connectivity index (χ3v) is 5.79. The zero-order valence-corrected chi connectivity index (χ0v) is 12.9. The lowest BCUT2D eigenvalue weighted by Gasteiger charge is -2.36. The monoisotopic (exact) mass is 324 g/mol. The molecule has 1 rings (SSSR count). The van der Waals surface area contributed by atoms with Gasteiger partial charge in [-0.05, 0) is 31.5 Å². The van der Waals surface area contributed by atoms with E-state index in [-0.39, 0.29) is 6.54 Å². The lowest BCUT2D eigenvalue weighted by atomic mass is 10.00. The smallest absolute Gasteiger partial charge is 0.329 e. The molecular formula is C13H19F3N2O2S. The van der Waals surface area contributed by atoms with E-state index in [9.17, 15) is 21.6 Å². The molecule has 1 atom stereocenters. The van der Waals surface area contributed by atoms with Crippen LogP contribution in [0, 0.1) is 0 Å². The summed E-state index contributed by atoms with van der Waals surface area (Å²) in [4.78, 5) is -0.395. The van der Waals surface area contributed by atoms with Crippen LogP contribution in [0.2, 0.25) is 0 Å². The highest BCUT2D eigenvalue weighted by Gasteiger charge is 2.37. The summed E-state index contributed by atoms with van der Waals surface area (Å²) in [6.45, 7) is 3.49. The Morgan fingerprint density at radius 3 is 2.29 bits per heavy atom. The van der Waals surface area contributed by atoms with Gasteiger partial charge in [0.15, 0.2) is 0 Å². The van der Waals surface area contributed by atoms with E-state index in [1.807, 2.05) is 0 Å². The van der Waals surface area contributed by atoms with Crippen LogP contribution in [0.15, 0.2) is 29.2 Å². The van der Waals surface area contributed by atoms with Crippen LogP contribution >= 0.6 is 0 Å². The average Bonchev–Trinajstić information content (AvgIpc) is 2.44. The summed E-state index contributed by atoms with van der Waals surface area (Å²) in [6, 6.07) is 3.70. The molecule has 0 saturated carbocycles. The molecule has 1 aromatic carbocycles. The first-order chi connectivity index (χ1) is 9.49. The lowest BCUT2D eigenvalue weighted by molar-refractivity contribution is -0.137. The summed E-state index contributed by atoms with van der Waals surface area (Å²) in [5.74, 6) is 0. The van der Waals surface area contributed by atoms with Gasteiger partial charge in [0.2, 0.25) is 10.0 Å². The highest BCUT2D eigenvalue weighted by atomic mass is 32.2. The van der Waals surface area contributed by atoms with Gasteiger partial charge in [0.1, 0.15) is 0 Å². The summed E-state index contributed by atoms with van der Waals surface area (Å²) >= 11 is 0. The second-order valence-corrected chi connectivity index (χ2v) is 7.02. The molecule has 8 heteroatoms. The van der Waals surface area contributed by atoms with Crippen LogP contribution in [0.5, 0.6) is 0 Å². The predicted octanol–water partition coefficient (Wildman–Crippen LogP) is 2.45. The first-order valence-electron chi connectivity index (χ1n) is 6.35.